The van der Waals surface area contributed by atoms with Gasteiger partial charge in [0.25, 0.3) is 5.91 Å². The van der Waals surface area contributed by atoms with Crippen LogP contribution in [0.25, 0.3) is 11.0 Å². The summed E-state index contributed by atoms with van der Waals surface area (Å²) in [6.07, 6.45) is 2.18. The van der Waals surface area contributed by atoms with E-state index in [2.05, 4.69) is 31.7 Å². The number of fused-ring (bicyclic) bond motifs is 1. The Bertz CT molecular complexity index is 1130. The molecule has 2 amide bonds. The minimum atomic E-state index is -0.293. The summed E-state index contributed by atoms with van der Waals surface area (Å²) in [6, 6.07) is 7.46. The Hall–Kier alpha value is -2.74. The first kappa shape index (κ1) is 19.6. The van der Waals surface area contributed by atoms with Crippen molar-refractivity contribution in [3.63, 3.8) is 0 Å². The largest absolute Gasteiger partial charge is 0.343 e. The fourth-order valence-corrected chi connectivity index (χ4v) is 3.92. The molecular formula is C21H22BrN5O2. The van der Waals surface area contributed by atoms with Crippen molar-refractivity contribution >= 4 is 44.5 Å². The minimum absolute atomic E-state index is 0.115. The molecule has 1 aliphatic rings. The number of aromatic nitrogens is 3. The summed E-state index contributed by atoms with van der Waals surface area (Å²) >= 11 is 3.40. The summed E-state index contributed by atoms with van der Waals surface area (Å²) in [4.78, 5) is 30.0. The van der Waals surface area contributed by atoms with Crippen molar-refractivity contribution in [1.82, 2.24) is 20.1 Å². The van der Waals surface area contributed by atoms with Crippen molar-refractivity contribution in [3.8, 4) is 0 Å². The van der Waals surface area contributed by atoms with Crippen LogP contribution in [0, 0.1) is 13.8 Å². The molecule has 1 aromatic carbocycles. The lowest BCUT2D eigenvalue weighted by Gasteiger charge is -2.11. The smallest absolute Gasteiger partial charge is 0.252 e. The molecule has 150 valence electrons. The van der Waals surface area contributed by atoms with Crippen LogP contribution in [0.3, 0.4) is 0 Å². The summed E-state index contributed by atoms with van der Waals surface area (Å²) in [7, 11) is 1.83. The Morgan fingerprint density at radius 1 is 1.24 bits per heavy atom. The lowest BCUT2D eigenvalue weighted by Crippen LogP contribution is -2.33. The van der Waals surface area contributed by atoms with Crippen LogP contribution in [0.5, 0.6) is 0 Å². The van der Waals surface area contributed by atoms with Gasteiger partial charge in [-0.15, -0.1) is 0 Å². The first-order chi connectivity index (χ1) is 13.8. The molecule has 1 aliphatic carbocycles. The molecule has 1 fully saturated rings. The number of benzene rings is 1. The van der Waals surface area contributed by atoms with E-state index < -0.39 is 0 Å². The van der Waals surface area contributed by atoms with E-state index in [1.165, 1.54) is 0 Å². The first-order valence-electron chi connectivity index (χ1n) is 9.52. The van der Waals surface area contributed by atoms with Crippen molar-refractivity contribution in [2.75, 3.05) is 11.9 Å². The molecule has 4 rings (SSSR count). The fraction of sp³-hybridized carbons (Fsp3) is 0.333. The van der Waals surface area contributed by atoms with Gasteiger partial charge in [-0.3, -0.25) is 14.3 Å². The van der Waals surface area contributed by atoms with Gasteiger partial charge in [-0.25, -0.2) is 4.98 Å². The molecule has 0 radical (unpaired) electrons. The highest BCUT2D eigenvalue weighted by Gasteiger charge is 2.28. The van der Waals surface area contributed by atoms with Gasteiger partial charge in [-0.05, 0) is 56.5 Å². The number of nitrogens with zero attached hydrogens (tertiary/aromatic N) is 3. The van der Waals surface area contributed by atoms with E-state index >= 15 is 0 Å². The molecule has 29 heavy (non-hydrogen) atoms. The first-order valence-corrected chi connectivity index (χ1v) is 10.3. The van der Waals surface area contributed by atoms with Gasteiger partial charge in [0.1, 0.15) is 0 Å². The number of rotatable bonds is 5. The van der Waals surface area contributed by atoms with E-state index in [1.54, 1.807) is 4.68 Å². The molecule has 0 spiro atoms. The zero-order chi connectivity index (χ0) is 20.7. The van der Waals surface area contributed by atoms with E-state index in [0.29, 0.717) is 17.1 Å². The average Bonchev–Trinajstić information content (AvgIpc) is 3.48. The second kappa shape index (κ2) is 7.59. The normalized spacial score (nSPS) is 13.5. The number of anilines is 1. The van der Waals surface area contributed by atoms with Gasteiger partial charge in [0.15, 0.2) is 5.65 Å². The standard InChI is InChI=1S/C21H22BrN5O2/c1-11-8-14(22)6-7-16(11)24-18(28)10-23-21(29)15-9-17(13-4-5-13)25-20-19(15)12(2)26-27(20)3/h6-9,13H,4-5,10H2,1-3H3,(H,23,29)(H,24,28). The highest BCUT2D eigenvalue weighted by Crippen LogP contribution is 2.40. The number of carbonyl (C=O) groups is 2. The molecule has 7 nitrogen and oxygen atoms in total. The number of halogens is 1. The number of nitrogens with one attached hydrogen (secondary N) is 2. The molecule has 0 bridgehead atoms. The van der Waals surface area contributed by atoms with Gasteiger partial charge >= 0.3 is 0 Å². The predicted molar refractivity (Wildman–Crippen MR) is 115 cm³/mol. The number of amides is 2. The molecule has 0 unspecified atom stereocenters. The monoisotopic (exact) mass is 455 g/mol. The summed E-state index contributed by atoms with van der Waals surface area (Å²) in [5.74, 6) is -0.165. The Morgan fingerprint density at radius 2 is 2.00 bits per heavy atom. The zero-order valence-electron chi connectivity index (χ0n) is 16.5. The van der Waals surface area contributed by atoms with Crippen LogP contribution in [0.2, 0.25) is 0 Å². The van der Waals surface area contributed by atoms with Crippen LogP contribution in [0.1, 0.15) is 46.1 Å². The van der Waals surface area contributed by atoms with Gasteiger partial charge < -0.3 is 10.6 Å². The summed E-state index contributed by atoms with van der Waals surface area (Å²) in [6.45, 7) is 3.66. The van der Waals surface area contributed by atoms with Crippen LogP contribution < -0.4 is 10.6 Å². The maximum atomic E-state index is 12.9. The number of hydrogen-bond acceptors (Lipinski definition) is 4. The Labute approximate surface area is 177 Å². The molecule has 3 aromatic rings. The molecule has 0 saturated heterocycles. The number of hydrogen-bond donors (Lipinski definition) is 2. The van der Waals surface area contributed by atoms with E-state index in [4.69, 9.17) is 4.98 Å². The highest BCUT2D eigenvalue weighted by atomic mass is 79.9. The van der Waals surface area contributed by atoms with Gasteiger partial charge in [0.2, 0.25) is 5.91 Å². The second-order valence-corrected chi connectivity index (χ2v) is 8.38. The zero-order valence-corrected chi connectivity index (χ0v) is 18.1. The van der Waals surface area contributed by atoms with Crippen LogP contribution in [-0.2, 0) is 11.8 Å². The van der Waals surface area contributed by atoms with Gasteiger partial charge in [0.05, 0.1) is 23.2 Å². The van der Waals surface area contributed by atoms with Crippen LogP contribution >= 0.6 is 15.9 Å². The third-order valence-corrected chi connectivity index (χ3v) is 5.59. The maximum absolute atomic E-state index is 12.9. The van der Waals surface area contributed by atoms with Crippen molar-refractivity contribution in [2.45, 2.75) is 32.6 Å². The molecule has 2 heterocycles. The van der Waals surface area contributed by atoms with Crippen LogP contribution in [-0.4, -0.2) is 33.1 Å². The third-order valence-electron chi connectivity index (χ3n) is 5.10. The third kappa shape index (κ3) is 4.03. The molecule has 2 aromatic heterocycles. The van der Waals surface area contributed by atoms with E-state index in [0.717, 1.165) is 45.3 Å². The Morgan fingerprint density at radius 3 is 2.69 bits per heavy atom. The van der Waals surface area contributed by atoms with Gasteiger partial charge in [-0.1, -0.05) is 15.9 Å². The van der Waals surface area contributed by atoms with Crippen molar-refractivity contribution in [2.24, 2.45) is 7.05 Å². The van der Waals surface area contributed by atoms with Crippen LogP contribution in [0.4, 0.5) is 5.69 Å². The Balaban J connectivity index is 1.52. The van der Waals surface area contributed by atoms with Crippen molar-refractivity contribution < 1.29 is 9.59 Å². The maximum Gasteiger partial charge on any atom is 0.252 e. The molecule has 1 saturated carbocycles. The highest BCUT2D eigenvalue weighted by molar-refractivity contribution is 9.10. The summed E-state index contributed by atoms with van der Waals surface area (Å²) in [5, 5.41) is 10.7. The van der Waals surface area contributed by atoms with Gasteiger partial charge in [0, 0.05) is 28.8 Å². The topological polar surface area (TPSA) is 88.9 Å². The lowest BCUT2D eigenvalue weighted by atomic mass is 10.1. The predicted octanol–water partition coefficient (Wildman–Crippen LogP) is 3.59. The van der Waals surface area contributed by atoms with Crippen LogP contribution in [0.15, 0.2) is 28.7 Å². The quantitative estimate of drug-likeness (QED) is 0.614. The number of aryl methyl sites for hydroxylation is 3. The second-order valence-electron chi connectivity index (χ2n) is 7.47. The fourth-order valence-electron chi connectivity index (χ4n) is 3.45. The molecule has 0 atom stereocenters. The van der Waals surface area contributed by atoms with Crippen molar-refractivity contribution in [3.05, 3.63) is 51.3 Å². The van der Waals surface area contributed by atoms with Gasteiger partial charge in [-0.2, -0.15) is 5.10 Å². The van der Waals surface area contributed by atoms with Crippen molar-refractivity contribution in [1.29, 1.82) is 0 Å². The van der Waals surface area contributed by atoms with E-state index in [-0.39, 0.29) is 18.4 Å². The molecule has 8 heteroatoms. The average molecular weight is 456 g/mol. The number of pyridine rings is 1. The molecule has 2 N–H and O–H groups in total. The Kier molecular flexibility index (Phi) is 5.12. The van der Waals surface area contributed by atoms with E-state index in [1.807, 2.05) is 45.2 Å². The summed E-state index contributed by atoms with van der Waals surface area (Å²) in [5.41, 5.74) is 4.55. The molecule has 0 aliphatic heterocycles. The number of carbonyl (C=O) groups excluding carboxylic acids is 2. The minimum Gasteiger partial charge on any atom is -0.343 e. The lowest BCUT2D eigenvalue weighted by molar-refractivity contribution is -0.115. The molecular weight excluding hydrogens is 434 g/mol. The summed E-state index contributed by atoms with van der Waals surface area (Å²) < 4.78 is 2.65. The SMILES string of the molecule is Cc1cc(Br)ccc1NC(=O)CNC(=O)c1cc(C2CC2)nc2c1c(C)nn2C. The van der Waals surface area contributed by atoms with E-state index in [9.17, 15) is 9.59 Å².